The van der Waals surface area contributed by atoms with E-state index in [-0.39, 0.29) is 23.2 Å². The van der Waals surface area contributed by atoms with Gasteiger partial charge in [0.05, 0.1) is 24.4 Å². The van der Waals surface area contributed by atoms with Gasteiger partial charge in [-0.25, -0.2) is 8.78 Å². The number of aromatic nitrogens is 2. The van der Waals surface area contributed by atoms with Crippen LogP contribution in [0.4, 0.5) is 8.78 Å². The summed E-state index contributed by atoms with van der Waals surface area (Å²) in [7, 11) is 0. The van der Waals surface area contributed by atoms with Crippen LogP contribution in [0.3, 0.4) is 0 Å². The van der Waals surface area contributed by atoms with E-state index in [0.29, 0.717) is 19.6 Å². The molecule has 0 spiro atoms. The third-order valence-electron chi connectivity index (χ3n) is 4.45. The normalized spacial score (nSPS) is 16.5. The minimum absolute atomic E-state index is 0.0682. The van der Waals surface area contributed by atoms with Crippen molar-refractivity contribution in [1.29, 1.82) is 0 Å². The molecule has 2 heterocycles. The molecular weight excluding hydrogens is 340 g/mol. The second-order valence-corrected chi connectivity index (χ2v) is 6.98. The SMILES string of the molecule is Cc1cccc2c1OCC[C@H]2NC(=O)c1cnn(CC(C)C)c1C(F)F. The van der Waals surface area contributed by atoms with Gasteiger partial charge in [0.15, 0.2) is 0 Å². The van der Waals surface area contributed by atoms with Crippen LogP contribution in [-0.2, 0) is 6.54 Å². The maximum atomic E-state index is 13.5. The molecule has 5 nitrogen and oxygen atoms in total. The van der Waals surface area contributed by atoms with Gasteiger partial charge in [-0.15, -0.1) is 0 Å². The molecule has 0 saturated carbocycles. The number of fused-ring (bicyclic) bond motifs is 1. The number of hydrogen-bond acceptors (Lipinski definition) is 3. The van der Waals surface area contributed by atoms with Crippen LogP contribution in [-0.4, -0.2) is 22.3 Å². The highest BCUT2D eigenvalue weighted by Crippen LogP contribution is 2.35. The summed E-state index contributed by atoms with van der Waals surface area (Å²) in [6.07, 6.45) is -0.941. The highest BCUT2D eigenvalue weighted by molar-refractivity contribution is 5.95. The van der Waals surface area contributed by atoms with Gasteiger partial charge in [0.25, 0.3) is 12.3 Å². The largest absolute Gasteiger partial charge is 0.493 e. The van der Waals surface area contributed by atoms with Crippen molar-refractivity contribution < 1.29 is 18.3 Å². The zero-order valence-electron chi connectivity index (χ0n) is 15.1. The van der Waals surface area contributed by atoms with Crippen molar-refractivity contribution in [2.75, 3.05) is 6.61 Å². The molecule has 1 N–H and O–H groups in total. The van der Waals surface area contributed by atoms with Crippen LogP contribution >= 0.6 is 0 Å². The molecule has 0 bridgehead atoms. The van der Waals surface area contributed by atoms with Gasteiger partial charge in [-0.1, -0.05) is 32.0 Å². The monoisotopic (exact) mass is 363 g/mol. The zero-order valence-corrected chi connectivity index (χ0v) is 15.1. The molecule has 1 aliphatic heterocycles. The van der Waals surface area contributed by atoms with E-state index in [2.05, 4.69) is 10.4 Å². The lowest BCUT2D eigenvalue weighted by Gasteiger charge is -2.27. The quantitative estimate of drug-likeness (QED) is 0.872. The molecule has 140 valence electrons. The van der Waals surface area contributed by atoms with E-state index in [9.17, 15) is 13.6 Å². The third-order valence-corrected chi connectivity index (χ3v) is 4.45. The molecule has 0 unspecified atom stereocenters. The van der Waals surface area contributed by atoms with Gasteiger partial charge >= 0.3 is 0 Å². The van der Waals surface area contributed by atoms with Crippen molar-refractivity contribution in [2.24, 2.45) is 5.92 Å². The van der Waals surface area contributed by atoms with Crippen molar-refractivity contribution >= 4 is 5.91 Å². The van der Waals surface area contributed by atoms with Gasteiger partial charge in [0.2, 0.25) is 0 Å². The fourth-order valence-electron chi connectivity index (χ4n) is 3.26. The second kappa shape index (κ2) is 7.43. The summed E-state index contributed by atoms with van der Waals surface area (Å²) < 4.78 is 34.0. The van der Waals surface area contributed by atoms with Crippen molar-refractivity contribution in [3.05, 3.63) is 46.8 Å². The Kier molecular flexibility index (Phi) is 5.25. The number of aryl methyl sites for hydroxylation is 1. The molecule has 1 aromatic carbocycles. The number of amides is 1. The lowest BCUT2D eigenvalue weighted by atomic mass is 9.97. The Morgan fingerprint density at radius 1 is 1.42 bits per heavy atom. The Balaban J connectivity index is 1.86. The predicted octanol–water partition coefficient (Wildman–Crippen LogP) is 4.04. The number of alkyl halides is 2. The number of nitrogens with zero attached hydrogens (tertiary/aromatic N) is 2. The van der Waals surface area contributed by atoms with Crippen molar-refractivity contribution in [2.45, 2.75) is 46.2 Å². The van der Waals surface area contributed by atoms with E-state index >= 15 is 0 Å². The topological polar surface area (TPSA) is 56.1 Å². The molecule has 3 rings (SSSR count). The molecule has 1 aliphatic rings. The van der Waals surface area contributed by atoms with Crippen molar-refractivity contribution in [1.82, 2.24) is 15.1 Å². The first-order valence-corrected chi connectivity index (χ1v) is 8.75. The van der Waals surface area contributed by atoms with Gasteiger partial charge in [-0.05, 0) is 18.4 Å². The first kappa shape index (κ1) is 18.4. The fourth-order valence-corrected chi connectivity index (χ4v) is 3.26. The van der Waals surface area contributed by atoms with E-state index in [0.717, 1.165) is 16.9 Å². The molecule has 0 fully saturated rings. The maximum absolute atomic E-state index is 13.5. The first-order chi connectivity index (χ1) is 12.4. The van der Waals surface area contributed by atoms with Gasteiger partial charge < -0.3 is 10.1 Å². The minimum atomic E-state index is -2.76. The smallest absolute Gasteiger partial charge is 0.280 e. The Labute approximate surface area is 151 Å². The van der Waals surface area contributed by atoms with Crippen LogP contribution in [0.2, 0.25) is 0 Å². The number of hydrogen-bond donors (Lipinski definition) is 1. The minimum Gasteiger partial charge on any atom is -0.493 e. The number of ether oxygens (including phenoxy) is 1. The molecule has 0 aliphatic carbocycles. The number of nitrogens with one attached hydrogen (secondary N) is 1. The Hall–Kier alpha value is -2.44. The summed E-state index contributed by atoms with van der Waals surface area (Å²) in [6, 6.07) is 5.45. The molecule has 7 heteroatoms. The van der Waals surface area contributed by atoms with Crippen LogP contribution in [0.25, 0.3) is 0 Å². The fraction of sp³-hybridized carbons (Fsp3) is 0.474. The summed E-state index contributed by atoms with van der Waals surface area (Å²) in [5.41, 5.74) is 1.46. The molecular formula is C19H23F2N3O2. The van der Waals surface area contributed by atoms with E-state index in [1.165, 1.54) is 10.9 Å². The molecule has 1 aromatic heterocycles. The standard InChI is InChI=1S/C19H23F2N3O2/c1-11(2)10-24-16(18(20)21)14(9-22-24)19(25)23-15-7-8-26-17-12(3)5-4-6-13(15)17/h4-6,9,11,15,18H,7-8,10H2,1-3H3,(H,23,25)/t15-/m1/s1. The summed E-state index contributed by atoms with van der Waals surface area (Å²) in [6.45, 7) is 6.58. The summed E-state index contributed by atoms with van der Waals surface area (Å²) in [4.78, 5) is 12.7. The average Bonchev–Trinajstić information content (AvgIpc) is 2.99. The lowest BCUT2D eigenvalue weighted by Crippen LogP contribution is -2.33. The number of benzene rings is 1. The predicted molar refractivity (Wildman–Crippen MR) is 93.5 cm³/mol. The van der Waals surface area contributed by atoms with Crippen LogP contribution < -0.4 is 10.1 Å². The number of para-hydroxylation sites is 1. The average molecular weight is 363 g/mol. The van der Waals surface area contributed by atoms with E-state index in [4.69, 9.17) is 4.74 Å². The second-order valence-electron chi connectivity index (χ2n) is 6.98. The molecule has 0 radical (unpaired) electrons. The number of rotatable bonds is 5. The summed E-state index contributed by atoms with van der Waals surface area (Å²) >= 11 is 0. The Morgan fingerprint density at radius 3 is 2.88 bits per heavy atom. The molecule has 0 saturated heterocycles. The summed E-state index contributed by atoms with van der Waals surface area (Å²) in [5, 5.41) is 6.88. The first-order valence-electron chi connectivity index (χ1n) is 8.75. The zero-order chi connectivity index (χ0) is 18.8. The van der Waals surface area contributed by atoms with Crippen LogP contribution in [0.1, 0.15) is 59.9 Å². The number of halogens is 2. The number of carbonyl (C=O) groups excluding carboxylic acids is 1. The molecule has 1 amide bonds. The van der Waals surface area contributed by atoms with Crippen molar-refractivity contribution in [3.63, 3.8) is 0 Å². The van der Waals surface area contributed by atoms with Crippen LogP contribution in [0.15, 0.2) is 24.4 Å². The van der Waals surface area contributed by atoms with Crippen molar-refractivity contribution in [3.8, 4) is 5.75 Å². The van der Waals surface area contributed by atoms with Crippen LogP contribution in [0.5, 0.6) is 5.75 Å². The van der Waals surface area contributed by atoms with E-state index in [1.54, 1.807) is 0 Å². The number of carbonyl (C=O) groups is 1. The molecule has 2 aromatic rings. The van der Waals surface area contributed by atoms with Gasteiger partial charge in [0, 0.05) is 18.5 Å². The lowest BCUT2D eigenvalue weighted by molar-refractivity contribution is 0.0906. The Morgan fingerprint density at radius 2 is 2.19 bits per heavy atom. The van der Waals surface area contributed by atoms with E-state index in [1.807, 2.05) is 39.0 Å². The van der Waals surface area contributed by atoms with Gasteiger partial charge in [0.1, 0.15) is 11.4 Å². The molecule has 26 heavy (non-hydrogen) atoms. The summed E-state index contributed by atoms with van der Waals surface area (Å²) in [5.74, 6) is 0.372. The van der Waals surface area contributed by atoms with Gasteiger partial charge in [-0.3, -0.25) is 9.48 Å². The van der Waals surface area contributed by atoms with Gasteiger partial charge in [-0.2, -0.15) is 5.10 Å². The maximum Gasteiger partial charge on any atom is 0.280 e. The molecule has 1 atom stereocenters. The Bertz CT molecular complexity index is 802. The highest BCUT2D eigenvalue weighted by atomic mass is 19.3. The van der Waals surface area contributed by atoms with E-state index < -0.39 is 12.3 Å². The highest BCUT2D eigenvalue weighted by Gasteiger charge is 2.29. The third kappa shape index (κ3) is 3.57. The van der Waals surface area contributed by atoms with Crippen LogP contribution in [0, 0.1) is 12.8 Å².